The van der Waals surface area contributed by atoms with Crippen molar-refractivity contribution < 1.29 is 14.7 Å². The molecular formula is C15H17BrClNO3. The zero-order valence-corrected chi connectivity index (χ0v) is 14.0. The SMILES string of the molecule is CC1(C(=O)O)CCCCC1NC(=O)c1ccc(Br)cc1Cl. The summed E-state index contributed by atoms with van der Waals surface area (Å²) in [7, 11) is 0. The summed E-state index contributed by atoms with van der Waals surface area (Å²) in [5.41, 5.74) is -0.561. The maximum absolute atomic E-state index is 12.4. The molecule has 0 aromatic heterocycles. The number of hydrogen-bond acceptors (Lipinski definition) is 2. The largest absolute Gasteiger partial charge is 0.481 e. The fourth-order valence-electron chi connectivity index (χ4n) is 2.73. The van der Waals surface area contributed by atoms with Crippen LogP contribution in [0.15, 0.2) is 22.7 Å². The van der Waals surface area contributed by atoms with Crippen LogP contribution in [0.2, 0.25) is 5.02 Å². The van der Waals surface area contributed by atoms with Gasteiger partial charge in [-0.3, -0.25) is 9.59 Å². The minimum absolute atomic E-state index is 0.327. The van der Waals surface area contributed by atoms with Crippen LogP contribution in [-0.4, -0.2) is 23.0 Å². The number of halogens is 2. The summed E-state index contributed by atoms with van der Waals surface area (Å²) >= 11 is 9.36. The Balaban J connectivity index is 2.19. The molecule has 0 heterocycles. The summed E-state index contributed by atoms with van der Waals surface area (Å²) in [4.78, 5) is 23.9. The van der Waals surface area contributed by atoms with Crippen LogP contribution in [0.3, 0.4) is 0 Å². The Bertz CT molecular complexity index is 578. The fourth-order valence-corrected chi connectivity index (χ4v) is 3.49. The number of hydrogen-bond donors (Lipinski definition) is 2. The van der Waals surface area contributed by atoms with E-state index in [9.17, 15) is 14.7 Å². The van der Waals surface area contributed by atoms with Crippen LogP contribution in [0, 0.1) is 5.41 Å². The minimum Gasteiger partial charge on any atom is -0.481 e. The molecule has 0 saturated heterocycles. The monoisotopic (exact) mass is 373 g/mol. The molecule has 1 saturated carbocycles. The summed E-state index contributed by atoms with van der Waals surface area (Å²) in [5, 5.41) is 12.6. The average molecular weight is 375 g/mol. The highest BCUT2D eigenvalue weighted by molar-refractivity contribution is 9.10. The van der Waals surface area contributed by atoms with Crippen LogP contribution < -0.4 is 5.32 Å². The molecule has 1 fully saturated rings. The number of benzene rings is 1. The summed E-state index contributed by atoms with van der Waals surface area (Å²) < 4.78 is 0.789. The van der Waals surface area contributed by atoms with Crippen molar-refractivity contribution in [3.63, 3.8) is 0 Å². The summed E-state index contributed by atoms with van der Waals surface area (Å²) in [6.45, 7) is 1.70. The van der Waals surface area contributed by atoms with Crippen LogP contribution in [0.25, 0.3) is 0 Å². The average Bonchev–Trinajstić information content (AvgIpc) is 2.41. The molecule has 21 heavy (non-hydrogen) atoms. The van der Waals surface area contributed by atoms with Crippen LogP contribution in [0.4, 0.5) is 0 Å². The van der Waals surface area contributed by atoms with Gasteiger partial charge in [-0.25, -0.2) is 0 Å². The van der Waals surface area contributed by atoms with Gasteiger partial charge < -0.3 is 10.4 Å². The summed E-state index contributed by atoms with van der Waals surface area (Å²) in [6, 6.07) is 4.63. The normalized spacial score (nSPS) is 25.4. The van der Waals surface area contributed by atoms with Gasteiger partial charge in [0, 0.05) is 10.5 Å². The Hall–Kier alpha value is -1.07. The van der Waals surface area contributed by atoms with Crippen LogP contribution in [0.1, 0.15) is 43.0 Å². The standard InChI is InChI=1S/C15H17BrClNO3/c1-15(14(20)21)7-3-2-4-12(15)18-13(19)10-6-5-9(16)8-11(10)17/h5-6,8,12H,2-4,7H2,1H3,(H,18,19)(H,20,21). The van der Waals surface area contributed by atoms with E-state index in [0.29, 0.717) is 23.4 Å². The molecule has 0 aliphatic heterocycles. The lowest BCUT2D eigenvalue weighted by Gasteiger charge is -2.38. The van der Waals surface area contributed by atoms with Gasteiger partial charge in [-0.1, -0.05) is 40.4 Å². The van der Waals surface area contributed by atoms with Crippen molar-refractivity contribution in [1.29, 1.82) is 0 Å². The van der Waals surface area contributed by atoms with Crippen molar-refractivity contribution in [3.8, 4) is 0 Å². The van der Waals surface area contributed by atoms with Gasteiger partial charge in [-0.15, -0.1) is 0 Å². The zero-order chi connectivity index (χ0) is 15.6. The fraction of sp³-hybridized carbons (Fsp3) is 0.467. The Kier molecular flexibility index (Phi) is 4.94. The predicted octanol–water partition coefficient (Wildman–Crippen LogP) is 3.87. The predicted molar refractivity (Wildman–Crippen MR) is 84.6 cm³/mol. The molecule has 6 heteroatoms. The Morgan fingerprint density at radius 2 is 2.14 bits per heavy atom. The quantitative estimate of drug-likeness (QED) is 0.844. The van der Waals surface area contributed by atoms with Gasteiger partial charge in [-0.05, 0) is 38.0 Å². The van der Waals surface area contributed by atoms with Gasteiger partial charge in [0.05, 0.1) is 16.0 Å². The topological polar surface area (TPSA) is 66.4 Å². The number of amides is 1. The smallest absolute Gasteiger partial charge is 0.311 e. The lowest BCUT2D eigenvalue weighted by atomic mass is 9.71. The molecule has 0 radical (unpaired) electrons. The molecule has 114 valence electrons. The first-order chi connectivity index (χ1) is 9.84. The third-order valence-electron chi connectivity index (χ3n) is 4.18. The van der Waals surface area contributed by atoms with E-state index in [-0.39, 0.29) is 11.9 Å². The van der Waals surface area contributed by atoms with Crippen LogP contribution >= 0.6 is 27.5 Å². The zero-order valence-electron chi connectivity index (χ0n) is 11.7. The summed E-state index contributed by atoms with van der Waals surface area (Å²) in [5.74, 6) is -1.19. The van der Waals surface area contributed by atoms with Gasteiger partial charge >= 0.3 is 5.97 Å². The maximum atomic E-state index is 12.4. The molecule has 2 unspecified atom stereocenters. The number of carboxylic acids is 1. The molecule has 0 spiro atoms. The third-order valence-corrected chi connectivity index (χ3v) is 4.98. The number of carbonyl (C=O) groups excluding carboxylic acids is 1. The Labute approximate surface area is 137 Å². The second-order valence-corrected chi connectivity index (χ2v) is 6.94. The highest BCUT2D eigenvalue weighted by Crippen LogP contribution is 2.36. The van der Waals surface area contributed by atoms with Crippen molar-refractivity contribution >= 4 is 39.4 Å². The van der Waals surface area contributed by atoms with E-state index >= 15 is 0 Å². The Morgan fingerprint density at radius 1 is 1.43 bits per heavy atom. The first-order valence-electron chi connectivity index (χ1n) is 6.84. The molecular weight excluding hydrogens is 358 g/mol. The number of rotatable bonds is 3. The van der Waals surface area contributed by atoms with Gasteiger partial charge in [-0.2, -0.15) is 0 Å². The van der Waals surface area contributed by atoms with E-state index < -0.39 is 11.4 Å². The van der Waals surface area contributed by atoms with E-state index in [4.69, 9.17) is 11.6 Å². The number of nitrogens with one attached hydrogen (secondary N) is 1. The minimum atomic E-state index is -0.921. The number of aliphatic carboxylic acids is 1. The van der Waals surface area contributed by atoms with Gasteiger partial charge in [0.1, 0.15) is 0 Å². The highest BCUT2D eigenvalue weighted by atomic mass is 79.9. The lowest BCUT2D eigenvalue weighted by molar-refractivity contribution is -0.151. The highest BCUT2D eigenvalue weighted by Gasteiger charge is 2.44. The molecule has 2 rings (SSSR count). The number of carboxylic acid groups (broad SMARTS) is 1. The molecule has 1 amide bonds. The molecule has 1 aromatic carbocycles. The van der Waals surface area contributed by atoms with Crippen LogP contribution in [-0.2, 0) is 4.79 Å². The molecule has 0 bridgehead atoms. The van der Waals surface area contributed by atoms with E-state index in [1.165, 1.54) is 0 Å². The van der Waals surface area contributed by atoms with Crippen molar-refractivity contribution in [2.24, 2.45) is 5.41 Å². The molecule has 4 nitrogen and oxygen atoms in total. The molecule has 1 aliphatic rings. The molecule has 2 atom stereocenters. The molecule has 2 N–H and O–H groups in total. The van der Waals surface area contributed by atoms with E-state index in [2.05, 4.69) is 21.2 Å². The Morgan fingerprint density at radius 3 is 2.76 bits per heavy atom. The first-order valence-corrected chi connectivity index (χ1v) is 8.01. The second-order valence-electron chi connectivity index (χ2n) is 5.62. The van der Waals surface area contributed by atoms with E-state index in [0.717, 1.165) is 17.3 Å². The molecule has 1 aromatic rings. The maximum Gasteiger partial charge on any atom is 0.311 e. The van der Waals surface area contributed by atoms with Gasteiger partial charge in [0.2, 0.25) is 0 Å². The van der Waals surface area contributed by atoms with Crippen molar-refractivity contribution in [3.05, 3.63) is 33.3 Å². The second kappa shape index (κ2) is 6.36. The molecule has 1 aliphatic carbocycles. The van der Waals surface area contributed by atoms with Crippen molar-refractivity contribution in [1.82, 2.24) is 5.32 Å². The van der Waals surface area contributed by atoms with Gasteiger partial charge in [0.15, 0.2) is 0 Å². The van der Waals surface area contributed by atoms with E-state index in [1.54, 1.807) is 25.1 Å². The summed E-state index contributed by atoms with van der Waals surface area (Å²) in [6.07, 6.45) is 3.03. The first kappa shape index (κ1) is 16.3. The van der Waals surface area contributed by atoms with Crippen LogP contribution in [0.5, 0.6) is 0 Å². The van der Waals surface area contributed by atoms with Gasteiger partial charge in [0.25, 0.3) is 5.91 Å². The van der Waals surface area contributed by atoms with Crippen molar-refractivity contribution in [2.45, 2.75) is 38.6 Å². The van der Waals surface area contributed by atoms with Crippen molar-refractivity contribution in [2.75, 3.05) is 0 Å². The van der Waals surface area contributed by atoms with E-state index in [1.807, 2.05) is 0 Å². The lowest BCUT2D eigenvalue weighted by Crippen LogP contribution is -2.52. The number of carbonyl (C=O) groups is 2. The third kappa shape index (κ3) is 3.40.